The molecule has 0 aliphatic heterocycles. The zero-order valence-electron chi connectivity index (χ0n) is 11.8. The smallest absolute Gasteiger partial charge is 0.306 e. The third-order valence-electron chi connectivity index (χ3n) is 3.75. The van der Waals surface area contributed by atoms with Crippen molar-refractivity contribution in [3.8, 4) is 5.69 Å². The molecule has 0 amide bonds. The zero-order valence-corrected chi connectivity index (χ0v) is 12.5. The van der Waals surface area contributed by atoms with E-state index >= 15 is 0 Å². The summed E-state index contributed by atoms with van der Waals surface area (Å²) in [5, 5.41) is 2.41. The molecule has 0 saturated carbocycles. The zero-order chi connectivity index (χ0) is 16.0. The summed E-state index contributed by atoms with van der Waals surface area (Å²) >= 11 is 5.97. The van der Waals surface area contributed by atoms with Crippen molar-refractivity contribution in [3.05, 3.63) is 80.7 Å². The number of aromatic nitrogens is 3. The molecular weight excluding hydrogens is 314 g/mol. The lowest BCUT2D eigenvalue weighted by Gasteiger charge is -2.09. The minimum absolute atomic E-state index is 0.352. The first-order valence-electron chi connectivity index (χ1n) is 6.93. The molecule has 0 radical (unpaired) electrons. The van der Waals surface area contributed by atoms with Gasteiger partial charge in [-0.15, -0.1) is 0 Å². The maximum absolute atomic E-state index is 12.8. The van der Waals surface area contributed by atoms with Gasteiger partial charge in [0.25, 0.3) is 5.56 Å². The van der Waals surface area contributed by atoms with Crippen LogP contribution in [-0.2, 0) is 0 Å². The normalized spacial score (nSPS) is 11.2. The largest absolute Gasteiger partial charge is 0.333 e. The van der Waals surface area contributed by atoms with Crippen molar-refractivity contribution in [2.45, 2.75) is 0 Å². The Bertz CT molecular complexity index is 1170. The van der Waals surface area contributed by atoms with Gasteiger partial charge in [0.05, 0.1) is 22.8 Å². The van der Waals surface area contributed by atoms with Crippen molar-refractivity contribution in [2.75, 3.05) is 0 Å². The van der Waals surface area contributed by atoms with Crippen molar-refractivity contribution in [2.24, 2.45) is 0 Å². The molecule has 6 heteroatoms. The van der Waals surface area contributed by atoms with Crippen LogP contribution in [0.1, 0.15) is 0 Å². The SMILES string of the molecule is O=c1[nH]c2ccc(Cl)cc2c(=O)n1-c1cncc2ccccc12. The van der Waals surface area contributed by atoms with Gasteiger partial charge >= 0.3 is 5.69 Å². The van der Waals surface area contributed by atoms with Crippen molar-refractivity contribution in [1.29, 1.82) is 0 Å². The molecule has 0 aliphatic carbocycles. The fourth-order valence-corrected chi connectivity index (χ4v) is 2.86. The molecular formula is C17H10ClN3O2. The first-order chi connectivity index (χ1) is 11.1. The van der Waals surface area contributed by atoms with Gasteiger partial charge in [-0.1, -0.05) is 35.9 Å². The van der Waals surface area contributed by atoms with Crippen molar-refractivity contribution >= 4 is 33.3 Å². The van der Waals surface area contributed by atoms with Crippen LogP contribution in [-0.4, -0.2) is 14.5 Å². The van der Waals surface area contributed by atoms with E-state index in [-0.39, 0.29) is 0 Å². The van der Waals surface area contributed by atoms with Crippen LogP contribution in [0.5, 0.6) is 0 Å². The Morgan fingerprint density at radius 3 is 2.70 bits per heavy atom. The van der Waals surface area contributed by atoms with Gasteiger partial charge in [0.15, 0.2) is 0 Å². The van der Waals surface area contributed by atoms with Crippen LogP contribution in [0.15, 0.2) is 64.4 Å². The fraction of sp³-hybridized carbons (Fsp3) is 0. The van der Waals surface area contributed by atoms with E-state index in [0.29, 0.717) is 21.6 Å². The molecule has 0 atom stereocenters. The Labute approximate surface area is 134 Å². The van der Waals surface area contributed by atoms with Gasteiger partial charge in [0.1, 0.15) is 0 Å². The van der Waals surface area contributed by atoms with Crippen LogP contribution >= 0.6 is 11.6 Å². The molecule has 0 unspecified atom stereocenters. The number of nitrogens with one attached hydrogen (secondary N) is 1. The lowest BCUT2D eigenvalue weighted by molar-refractivity contribution is 0.902. The monoisotopic (exact) mass is 323 g/mol. The molecule has 5 nitrogen and oxygen atoms in total. The van der Waals surface area contributed by atoms with E-state index in [1.165, 1.54) is 6.20 Å². The van der Waals surface area contributed by atoms with Crippen LogP contribution < -0.4 is 11.2 Å². The molecule has 4 aromatic rings. The summed E-state index contributed by atoms with van der Waals surface area (Å²) in [5.41, 5.74) is -0.0440. The number of nitrogens with zero attached hydrogens (tertiary/aromatic N) is 2. The number of pyridine rings is 1. The molecule has 1 N–H and O–H groups in total. The van der Waals surface area contributed by atoms with Crippen molar-refractivity contribution in [1.82, 2.24) is 14.5 Å². The molecule has 0 fully saturated rings. The average molecular weight is 324 g/mol. The summed E-state index contributed by atoms with van der Waals surface area (Å²) in [6.07, 6.45) is 3.20. The molecule has 2 aromatic carbocycles. The molecule has 0 bridgehead atoms. The van der Waals surface area contributed by atoms with E-state index < -0.39 is 11.2 Å². The minimum atomic E-state index is -0.511. The van der Waals surface area contributed by atoms with Gasteiger partial charge in [-0.05, 0) is 18.2 Å². The van der Waals surface area contributed by atoms with Gasteiger partial charge in [-0.25, -0.2) is 9.36 Å². The highest BCUT2D eigenvalue weighted by atomic mass is 35.5. The number of fused-ring (bicyclic) bond motifs is 2. The maximum atomic E-state index is 12.8. The predicted octanol–water partition coefficient (Wildman–Crippen LogP) is 2.88. The van der Waals surface area contributed by atoms with Crippen LogP contribution in [0.3, 0.4) is 0 Å². The second kappa shape index (κ2) is 5.07. The van der Waals surface area contributed by atoms with E-state index in [1.54, 1.807) is 24.4 Å². The second-order valence-corrected chi connectivity index (χ2v) is 5.58. The van der Waals surface area contributed by atoms with E-state index in [9.17, 15) is 9.59 Å². The molecule has 4 rings (SSSR count). The molecule has 0 spiro atoms. The average Bonchev–Trinajstić information content (AvgIpc) is 2.56. The highest BCUT2D eigenvalue weighted by molar-refractivity contribution is 6.31. The predicted molar refractivity (Wildman–Crippen MR) is 90.5 cm³/mol. The van der Waals surface area contributed by atoms with Crippen LogP contribution in [0.4, 0.5) is 0 Å². The fourth-order valence-electron chi connectivity index (χ4n) is 2.68. The van der Waals surface area contributed by atoms with Crippen molar-refractivity contribution < 1.29 is 0 Å². The second-order valence-electron chi connectivity index (χ2n) is 5.14. The highest BCUT2D eigenvalue weighted by Gasteiger charge is 2.12. The van der Waals surface area contributed by atoms with E-state index in [0.717, 1.165) is 15.3 Å². The van der Waals surface area contributed by atoms with Gasteiger partial charge in [-0.3, -0.25) is 9.78 Å². The first-order valence-corrected chi connectivity index (χ1v) is 7.31. The Morgan fingerprint density at radius 1 is 1.00 bits per heavy atom. The summed E-state index contributed by atoms with van der Waals surface area (Å²) in [6.45, 7) is 0. The first kappa shape index (κ1) is 13.7. The van der Waals surface area contributed by atoms with Gasteiger partial charge in [0.2, 0.25) is 0 Å². The van der Waals surface area contributed by atoms with Crippen LogP contribution in [0, 0.1) is 0 Å². The molecule has 23 heavy (non-hydrogen) atoms. The Morgan fingerprint density at radius 2 is 1.83 bits per heavy atom. The quantitative estimate of drug-likeness (QED) is 0.585. The Hall–Kier alpha value is -2.92. The number of aromatic amines is 1. The number of H-pyrrole nitrogens is 1. The highest BCUT2D eigenvalue weighted by Crippen LogP contribution is 2.19. The number of halogens is 1. The van der Waals surface area contributed by atoms with Gasteiger partial charge in [0, 0.05) is 22.0 Å². The maximum Gasteiger partial charge on any atom is 0.333 e. The standard InChI is InChI=1S/C17H10ClN3O2/c18-11-5-6-14-13(7-11)16(22)21(17(23)20-14)15-9-19-8-10-3-1-2-4-12(10)15/h1-9H,(H,20,23). The van der Waals surface area contributed by atoms with Crippen LogP contribution in [0.25, 0.3) is 27.4 Å². The lowest BCUT2D eigenvalue weighted by atomic mass is 10.1. The molecule has 0 saturated heterocycles. The minimum Gasteiger partial charge on any atom is -0.306 e. The molecule has 2 heterocycles. The Balaban J connectivity index is 2.17. The summed E-state index contributed by atoms with van der Waals surface area (Å²) in [7, 11) is 0. The molecule has 2 aromatic heterocycles. The lowest BCUT2D eigenvalue weighted by Crippen LogP contribution is -2.33. The summed E-state index contributed by atoms with van der Waals surface area (Å²) < 4.78 is 1.09. The number of hydrogen-bond acceptors (Lipinski definition) is 3. The summed E-state index contributed by atoms with van der Waals surface area (Å²) in [5.74, 6) is 0. The van der Waals surface area contributed by atoms with E-state index in [4.69, 9.17) is 11.6 Å². The summed E-state index contributed by atoms with van der Waals surface area (Å²) in [6, 6.07) is 12.2. The number of benzene rings is 2. The van der Waals surface area contributed by atoms with E-state index in [2.05, 4.69) is 9.97 Å². The number of rotatable bonds is 1. The summed E-state index contributed by atoms with van der Waals surface area (Å²) in [4.78, 5) is 32.1. The third kappa shape index (κ3) is 2.13. The van der Waals surface area contributed by atoms with Gasteiger partial charge in [-0.2, -0.15) is 0 Å². The number of hydrogen-bond donors (Lipinski definition) is 1. The van der Waals surface area contributed by atoms with Crippen molar-refractivity contribution in [3.63, 3.8) is 0 Å². The Kier molecular flexibility index (Phi) is 3.02. The van der Waals surface area contributed by atoms with Gasteiger partial charge < -0.3 is 4.98 Å². The van der Waals surface area contributed by atoms with Crippen LogP contribution in [0.2, 0.25) is 5.02 Å². The van der Waals surface area contributed by atoms with E-state index in [1.807, 2.05) is 24.3 Å². The third-order valence-corrected chi connectivity index (χ3v) is 3.98. The molecule has 0 aliphatic rings. The molecule has 112 valence electrons. The topological polar surface area (TPSA) is 67.8 Å².